The number of rotatable bonds is 8. The van der Waals surface area contributed by atoms with E-state index in [9.17, 15) is 0 Å². The highest BCUT2D eigenvalue weighted by Gasteiger charge is 2.26. The van der Waals surface area contributed by atoms with E-state index in [-0.39, 0.29) is 6.10 Å². The topological polar surface area (TPSA) is 76.1 Å². The maximum atomic E-state index is 6.64. The fourth-order valence-corrected chi connectivity index (χ4v) is 5.51. The summed E-state index contributed by atoms with van der Waals surface area (Å²) in [5.41, 5.74) is 2.13. The molecule has 0 saturated carbocycles. The Morgan fingerprint density at radius 2 is 1.48 bits per heavy atom. The number of piperazine rings is 1. The van der Waals surface area contributed by atoms with E-state index in [1.807, 2.05) is 30.5 Å². The van der Waals surface area contributed by atoms with Gasteiger partial charge in [0.25, 0.3) is 0 Å². The summed E-state index contributed by atoms with van der Waals surface area (Å²) < 4.78 is 17.8. The van der Waals surface area contributed by atoms with Gasteiger partial charge >= 0.3 is 0 Å². The molecule has 6 rings (SSSR count). The van der Waals surface area contributed by atoms with E-state index in [2.05, 4.69) is 56.1 Å². The lowest BCUT2D eigenvalue weighted by atomic mass is 10.1. The number of methoxy groups -OCH3 is 2. The summed E-state index contributed by atoms with van der Waals surface area (Å²) >= 11 is 0. The van der Waals surface area contributed by atoms with E-state index in [4.69, 9.17) is 24.2 Å². The monoisotopic (exact) mass is 540 g/mol. The van der Waals surface area contributed by atoms with Gasteiger partial charge in [0.2, 0.25) is 11.8 Å². The first-order valence-corrected chi connectivity index (χ1v) is 14.0. The van der Waals surface area contributed by atoms with Crippen LogP contribution in [0.2, 0.25) is 0 Å². The molecule has 2 aliphatic heterocycles. The van der Waals surface area contributed by atoms with E-state index in [1.54, 1.807) is 14.2 Å². The third-order valence-corrected chi connectivity index (χ3v) is 7.75. The van der Waals surface area contributed by atoms with Gasteiger partial charge in [-0.2, -0.15) is 4.98 Å². The molecule has 2 aliphatic rings. The number of hydrogen-bond acceptors (Lipinski definition) is 9. The number of benzene rings is 2. The number of likely N-dealkylation sites (tertiary alicyclic amines) is 1. The average molecular weight is 541 g/mol. The van der Waals surface area contributed by atoms with Gasteiger partial charge in [0.1, 0.15) is 11.9 Å². The maximum absolute atomic E-state index is 6.64. The number of aromatic nitrogens is 3. The molecule has 0 radical (unpaired) electrons. The summed E-state index contributed by atoms with van der Waals surface area (Å²) in [5.74, 6) is 3.56. The SMILES string of the molecule is COc1cc2nc(N3CCN(c4ccccn4)CC3)nc(OC3CCN(Cc4ccccc4)CC3)c2cc1OC. The third kappa shape index (κ3) is 5.74. The maximum Gasteiger partial charge on any atom is 0.229 e. The van der Waals surface area contributed by atoms with Crippen LogP contribution in [0.4, 0.5) is 11.8 Å². The largest absolute Gasteiger partial charge is 0.493 e. The summed E-state index contributed by atoms with van der Waals surface area (Å²) in [6.45, 7) is 6.24. The molecule has 4 aromatic rings. The fraction of sp³-hybridized carbons (Fsp3) is 0.387. The number of hydrogen-bond donors (Lipinski definition) is 0. The molecule has 9 heteroatoms. The third-order valence-electron chi connectivity index (χ3n) is 7.75. The lowest BCUT2D eigenvalue weighted by molar-refractivity contribution is 0.0945. The van der Waals surface area contributed by atoms with Gasteiger partial charge in [0, 0.05) is 58.1 Å². The molecule has 0 N–H and O–H groups in total. The molecule has 0 aliphatic carbocycles. The predicted molar refractivity (Wildman–Crippen MR) is 157 cm³/mol. The first-order chi connectivity index (χ1) is 19.7. The Labute approximate surface area is 235 Å². The van der Waals surface area contributed by atoms with Crippen molar-refractivity contribution >= 4 is 22.7 Å². The molecule has 0 spiro atoms. The molecule has 2 aromatic carbocycles. The first-order valence-electron chi connectivity index (χ1n) is 14.0. The van der Waals surface area contributed by atoms with Crippen molar-refractivity contribution in [3.8, 4) is 17.4 Å². The minimum Gasteiger partial charge on any atom is -0.493 e. The second-order valence-corrected chi connectivity index (χ2v) is 10.3. The Kier molecular flexibility index (Phi) is 7.81. The summed E-state index contributed by atoms with van der Waals surface area (Å²) in [5, 5.41) is 0.834. The van der Waals surface area contributed by atoms with E-state index in [1.165, 1.54) is 5.56 Å². The molecular formula is C31H36N6O3. The lowest BCUT2D eigenvalue weighted by Crippen LogP contribution is -2.47. The Morgan fingerprint density at radius 3 is 2.17 bits per heavy atom. The van der Waals surface area contributed by atoms with E-state index < -0.39 is 0 Å². The van der Waals surface area contributed by atoms with Crippen LogP contribution in [0.5, 0.6) is 17.4 Å². The van der Waals surface area contributed by atoms with Gasteiger partial charge in [-0.15, -0.1) is 0 Å². The van der Waals surface area contributed by atoms with Crippen LogP contribution in [0.15, 0.2) is 66.9 Å². The van der Waals surface area contributed by atoms with Crippen LogP contribution >= 0.6 is 0 Å². The molecule has 0 amide bonds. The van der Waals surface area contributed by atoms with E-state index in [0.717, 1.165) is 75.4 Å². The molecule has 4 heterocycles. The fourth-order valence-electron chi connectivity index (χ4n) is 5.51. The summed E-state index contributed by atoms with van der Waals surface area (Å²) in [6.07, 6.45) is 3.82. The van der Waals surface area contributed by atoms with Crippen LogP contribution < -0.4 is 24.0 Å². The highest BCUT2D eigenvalue weighted by Crippen LogP contribution is 2.37. The minimum atomic E-state index is 0.0899. The smallest absolute Gasteiger partial charge is 0.229 e. The molecule has 208 valence electrons. The van der Waals surface area contributed by atoms with Crippen LogP contribution in [-0.4, -0.2) is 79.4 Å². The second kappa shape index (κ2) is 12.0. The van der Waals surface area contributed by atoms with Gasteiger partial charge in [0.15, 0.2) is 11.5 Å². The standard InChI is InChI=1S/C31H36N6O3/c1-38-27-20-25-26(21-28(27)39-2)33-31(37-18-16-36(17-19-37)29-10-6-7-13-32-29)34-30(25)40-24-11-14-35(15-12-24)22-23-8-4-3-5-9-23/h3-10,13,20-21,24H,11-12,14-19,22H2,1-2H3. The predicted octanol–water partition coefficient (Wildman–Crippen LogP) is 4.41. The molecule has 0 atom stereocenters. The number of anilines is 2. The van der Waals surface area contributed by atoms with Gasteiger partial charge in [-0.3, -0.25) is 4.90 Å². The number of piperidine rings is 1. The van der Waals surface area contributed by atoms with Crippen molar-refractivity contribution in [2.45, 2.75) is 25.5 Å². The summed E-state index contributed by atoms with van der Waals surface area (Å²) in [6, 6.07) is 20.5. The summed E-state index contributed by atoms with van der Waals surface area (Å²) in [7, 11) is 3.28. The molecular weight excluding hydrogens is 504 g/mol. The Balaban J connectivity index is 1.21. The van der Waals surface area contributed by atoms with Crippen molar-refractivity contribution in [2.24, 2.45) is 0 Å². The van der Waals surface area contributed by atoms with Crippen LogP contribution in [0.25, 0.3) is 10.9 Å². The van der Waals surface area contributed by atoms with Crippen LogP contribution in [0.3, 0.4) is 0 Å². The zero-order valence-electron chi connectivity index (χ0n) is 23.2. The molecule has 2 aromatic heterocycles. The van der Waals surface area contributed by atoms with E-state index in [0.29, 0.717) is 23.3 Å². The molecule has 2 fully saturated rings. The van der Waals surface area contributed by atoms with Crippen molar-refractivity contribution in [1.82, 2.24) is 19.9 Å². The number of pyridine rings is 1. The first kappa shape index (κ1) is 26.1. The molecule has 0 bridgehead atoms. The van der Waals surface area contributed by atoms with Gasteiger partial charge in [0.05, 0.1) is 25.1 Å². The average Bonchev–Trinajstić information content (AvgIpc) is 3.02. The lowest BCUT2D eigenvalue weighted by Gasteiger charge is -2.36. The minimum absolute atomic E-state index is 0.0899. The Bertz CT molecular complexity index is 1410. The number of fused-ring (bicyclic) bond motifs is 1. The summed E-state index contributed by atoms with van der Waals surface area (Å²) in [4.78, 5) is 21.5. The van der Waals surface area contributed by atoms with Crippen LogP contribution in [0, 0.1) is 0 Å². The van der Waals surface area contributed by atoms with Crippen molar-refractivity contribution in [3.63, 3.8) is 0 Å². The van der Waals surface area contributed by atoms with Crippen molar-refractivity contribution in [2.75, 3.05) is 63.3 Å². The van der Waals surface area contributed by atoms with Gasteiger partial charge in [-0.25, -0.2) is 9.97 Å². The van der Waals surface area contributed by atoms with Crippen molar-refractivity contribution in [1.29, 1.82) is 0 Å². The quantitative estimate of drug-likeness (QED) is 0.323. The highest BCUT2D eigenvalue weighted by molar-refractivity contribution is 5.88. The molecule has 2 saturated heterocycles. The normalized spacial score (nSPS) is 16.8. The van der Waals surface area contributed by atoms with Crippen molar-refractivity contribution in [3.05, 3.63) is 72.4 Å². The van der Waals surface area contributed by atoms with Crippen LogP contribution in [-0.2, 0) is 6.54 Å². The number of ether oxygens (including phenoxy) is 3. The Hall–Kier alpha value is -4.11. The Morgan fingerprint density at radius 1 is 0.775 bits per heavy atom. The van der Waals surface area contributed by atoms with Gasteiger partial charge in [-0.05, 0) is 36.6 Å². The highest BCUT2D eigenvalue weighted by atomic mass is 16.5. The van der Waals surface area contributed by atoms with Crippen LogP contribution in [0.1, 0.15) is 18.4 Å². The zero-order chi connectivity index (χ0) is 27.3. The van der Waals surface area contributed by atoms with Gasteiger partial charge < -0.3 is 24.0 Å². The zero-order valence-corrected chi connectivity index (χ0v) is 23.2. The molecule has 40 heavy (non-hydrogen) atoms. The molecule has 9 nitrogen and oxygen atoms in total. The van der Waals surface area contributed by atoms with Crippen molar-refractivity contribution < 1.29 is 14.2 Å². The second-order valence-electron chi connectivity index (χ2n) is 10.3. The molecule has 0 unspecified atom stereocenters. The van der Waals surface area contributed by atoms with Gasteiger partial charge in [-0.1, -0.05) is 36.4 Å². The number of nitrogens with zero attached hydrogens (tertiary/aromatic N) is 6. The van der Waals surface area contributed by atoms with E-state index >= 15 is 0 Å².